The second-order valence-corrected chi connectivity index (χ2v) is 5.26. The second kappa shape index (κ2) is 4.49. The van der Waals surface area contributed by atoms with Crippen molar-refractivity contribution in [1.82, 2.24) is 24.7 Å². The molecule has 4 rings (SSSR count). The first-order chi connectivity index (χ1) is 10.6. The zero-order chi connectivity index (χ0) is 15.3. The Labute approximate surface area is 126 Å². The van der Waals surface area contributed by atoms with Gasteiger partial charge in [0.05, 0.1) is 34.3 Å². The molecule has 4 aromatic rings. The molecule has 0 spiro atoms. The largest absolute Gasteiger partial charge is 0.397 e. The normalized spacial score (nSPS) is 11.4. The molecular formula is C16H14N6. The molecule has 0 saturated heterocycles. The van der Waals surface area contributed by atoms with E-state index in [0.29, 0.717) is 11.5 Å². The van der Waals surface area contributed by atoms with Crippen LogP contribution in [0.25, 0.3) is 27.9 Å². The van der Waals surface area contributed by atoms with Crippen LogP contribution >= 0.6 is 0 Å². The summed E-state index contributed by atoms with van der Waals surface area (Å²) in [6, 6.07) is 9.67. The quantitative estimate of drug-likeness (QED) is 0.582. The van der Waals surface area contributed by atoms with E-state index in [-0.39, 0.29) is 0 Å². The van der Waals surface area contributed by atoms with Gasteiger partial charge in [0.2, 0.25) is 0 Å². The molecule has 0 radical (unpaired) electrons. The van der Waals surface area contributed by atoms with E-state index in [1.165, 1.54) is 0 Å². The van der Waals surface area contributed by atoms with Crippen molar-refractivity contribution >= 4 is 27.8 Å². The number of hydrogen-bond acceptors (Lipinski definition) is 5. The van der Waals surface area contributed by atoms with E-state index in [2.05, 4.69) is 15.1 Å². The van der Waals surface area contributed by atoms with E-state index in [4.69, 9.17) is 10.7 Å². The number of fused-ring (bicyclic) bond motifs is 2. The third-order valence-electron chi connectivity index (χ3n) is 3.65. The first-order valence-corrected chi connectivity index (χ1v) is 6.98. The third-order valence-corrected chi connectivity index (χ3v) is 3.65. The summed E-state index contributed by atoms with van der Waals surface area (Å²) < 4.78 is 1.74. The van der Waals surface area contributed by atoms with Crippen molar-refractivity contribution in [2.75, 3.05) is 5.73 Å². The SMILES string of the molecule is Cc1nc2ccccc2nc1-n1nc(C)c2cc(N)cnc21. The molecule has 108 valence electrons. The minimum atomic E-state index is 0.622. The number of rotatable bonds is 1. The second-order valence-electron chi connectivity index (χ2n) is 5.26. The van der Waals surface area contributed by atoms with Crippen LogP contribution in [-0.4, -0.2) is 24.7 Å². The molecule has 0 amide bonds. The van der Waals surface area contributed by atoms with Gasteiger partial charge in [-0.15, -0.1) is 0 Å². The minimum Gasteiger partial charge on any atom is -0.397 e. The van der Waals surface area contributed by atoms with Crippen molar-refractivity contribution in [2.24, 2.45) is 0 Å². The first kappa shape index (κ1) is 12.7. The van der Waals surface area contributed by atoms with E-state index in [0.717, 1.165) is 33.5 Å². The van der Waals surface area contributed by atoms with Crippen LogP contribution in [-0.2, 0) is 0 Å². The van der Waals surface area contributed by atoms with Crippen molar-refractivity contribution in [2.45, 2.75) is 13.8 Å². The molecule has 0 aliphatic heterocycles. The molecule has 0 aliphatic carbocycles. The van der Waals surface area contributed by atoms with E-state index in [9.17, 15) is 0 Å². The predicted molar refractivity (Wildman–Crippen MR) is 85.8 cm³/mol. The highest BCUT2D eigenvalue weighted by molar-refractivity contribution is 5.83. The number of nitrogens with zero attached hydrogens (tertiary/aromatic N) is 5. The highest BCUT2D eigenvalue weighted by Crippen LogP contribution is 2.23. The molecule has 3 heterocycles. The number of pyridine rings is 1. The van der Waals surface area contributed by atoms with Crippen LogP contribution < -0.4 is 5.73 Å². The fraction of sp³-hybridized carbons (Fsp3) is 0.125. The monoisotopic (exact) mass is 290 g/mol. The van der Waals surface area contributed by atoms with Crippen LogP contribution in [0.4, 0.5) is 5.69 Å². The van der Waals surface area contributed by atoms with E-state index >= 15 is 0 Å². The van der Waals surface area contributed by atoms with Gasteiger partial charge in [0, 0.05) is 5.39 Å². The number of nitrogen functional groups attached to an aromatic ring is 1. The average Bonchev–Trinajstić information content (AvgIpc) is 2.83. The molecule has 22 heavy (non-hydrogen) atoms. The number of anilines is 1. The van der Waals surface area contributed by atoms with Gasteiger partial charge in [-0.2, -0.15) is 9.78 Å². The van der Waals surface area contributed by atoms with Crippen molar-refractivity contribution < 1.29 is 0 Å². The number of aryl methyl sites for hydroxylation is 2. The maximum atomic E-state index is 5.82. The molecule has 3 aromatic heterocycles. The Morgan fingerprint density at radius 2 is 1.73 bits per heavy atom. The summed E-state index contributed by atoms with van der Waals surface area (Å²) in [7, 11) is 0. The number of benzene rings is 1. The Bertz CT molecular complexity index is 1020. The van der Waals surface area contributed by atoms with Gasteiger partial charge in [0.1, 0.15) is 0 Å². The van der Waals surface area contributed by atoms with Gasteiger partial charge in [0.15, 0.2) is 11.5 Å². The molecule has 0 saturated carbocycles. The molecule has 6 nitrogen and oxygen atoms in total. The predicted octanol–water partition coefficient (Wildman–Crippen LogP) is 2.56. The van der Waals surface area contributed by atoms with Crippen LogP contribution in [0.1, 0.15) is 11.4 Å². The smallest absolute Gasteiger partial charge is 0.177 e. The molecule has 2 N–H and O–H groups in total. The van der Waals surface area contributed by atoms with Gasteiger partial charge in [-0.1, -0.05) is 12.1 Å². The summed E-state index contributed by atoms with van der Waals surface area (Å²) in [6.07, 6.45) is 1.63. The zero-order valence-electron chi connectivity index (χ0n) is 12.3. The van der Waals surface area contributed by atoms with Crippen LogP contribution in [0.5, 0.6) is 0 Å². The number of para-hydroxylation sites is 2. The van der Waals surface area contributed by atoms with Gasteiger partial charge in [-0.25, -0.2) is 15.0 Å². The zero-order valence-corrected chi connectivity index (χ0v) is 12.3. The highest BCUT2D eigenvalue weighted by Gasteiger charge is 2.15. The Morgan fingerprint density at radius 3 is 2.50 bits per heavy atom. The lowest BCUT2D eigenvalue weighted by atomic mass is 10.2. The minimum absolute atomic E-state index is 0.622. The Balaban J connectivity index is 2.05. The van der Waals surface area contributed by atoms with Gasteiger partial charge in [-0.05, 0) is 32.0 Å². The number of nitrogens with two attached hydrogens (primary N) is 1. The van der Waals surface area contributed by atoms with Crippen LogP contribution in [0.2, 0.25) is 0 Å². The Hall–Kier alpha value is -3.02. The summed E-state index contributed by atoms with van der Waals surface area (Å²) in [5.74, 6) is 0.689. The summed E-state index contributed by atoms with van der Waals surface area (Å²) in [4.78, 5) is 13.7. The maximum Gasteiger partial charge on any atom is 0.177 e. The highest BCUT2D eigenvalue weighted by atomic mass is 15.3. The number of aromatic nitrogens is 5. The average molecular weight is 290 g/mol. The maximum absolute atomic E-state index is 5.82. The van der Waals surface area contributed by atoms with Crippen LogP contribution in [0, 0.1) is 13.8 Å². The molecule has 0 atom stereocenters. The lowest BCUT2D eigenvalue weighted by Crippen LogP contribution is -2.05. The van der Waals surface area contributed by atoms with Crippen molar-refractivity contribution in [1.29, 1.82) is 0 Å². The molecule has 0 aliphatic rings. The molecule has 6 heteroatoms. The van der Waals surface area contributed by atoms with Crippen molar-refractivity contribution in [3.8, 4) is 5.82 Å². The van der Waals surface area contributed by atoms with Gasteiger partial charge in [-0.3, -0.25) is 0 Å². The number of hydrogen-bond donors (Lipinski definition) is 1. The van der Waals surface area contributed by atoms with Gasteiger partial charge >= 0.3 is 0 Å². The fourth-order valence-electron chi connectivity index (χ4n) is 2.59. The van der Waals surface area contributed by atoms with Crippen LogP contribution in [0.3, 0.4) is 0 Å². The summed E-state index contributed by atoms with van der Waals surface area (Å²) >= 11 is 0. The summed E-state index contributed by atoms with van der Waals surface area (Å²) in [5, 5.41) is 5.49. The van der Waals surface area contributed by atoms with E-state index < -0.39 is 0 Å². The molecule has 0 fully saturated rings. The third kappa shape index (κ3) is 1.81. The standard InChI is InChI=1S/C16H14N6/c1-9-12-7-11(17)8-18-16(12)22(21-9)15-10(2)19-13-5-3-4-6-14(13)20-15/h3-8H,17H2,1-2H3. The van der Waals surface area contributed by atoms with Crippen LogP contribution in [0.15, 0.2) is 36.5 Å². The summed E-state index contributed by atoms with van der Waals surface area (Å²) in [6.45, 7) is 3.86. The van der Waals surface area contributed by atoms with Gasteiger partial charge < -0.3 is 5.73 Å². The lowest BCUT2D eigenvalue weighted by molar-refractivity contribution is 0.835. The lowest BCUT2D eigenvalue weighted by Gasteiger charge is -2.07. The van der Waals surface area contributed by atoms with Crippen molar-refractivity contribution in [3.05, 3.63) is 47.9 Å². The molecule has 1 aromatic carbocycles. The molecular weight excluding hydrogens is 276 g/mol. The first-order valence-electron chi connectivity index (χ1n) is 6.98. The molecule has 0 unspecified atom stereocenters. The van der Waals surface area contributed by atoms with Crippen molar-refractivity contribution in [3.63, 3.8) is 0 Å². The van der Waals surface area contributed by atoms with Gasteiger partial charge in [0.25, 0.3) is 0 Å². The van der Waals surface area contributed by atoms with E-state index in [1.54, 1.807) is 10.9 Å². The Morgan fingerprint density at radius 1 is 1.00 bits per heavy atom. The molecule has 0 bridgehead atoms. The fourth-order valence-corrected chi connectivity index (χ4v) is 2.59. The Kier molecular flexibility index (Phi) is 2.59. The summed E-state index contributed by atoms with van der Waals surface area (Å²) in [5.41, 5.74) is 10.5. The van der Waals surface area contributed by atoms with E-state index in [1.807, 2.05) is 44.2 Å². The topological polar surface area (TPSA) is 82.5 Å².